The van der Waals surface area contributed by atoms with Crippen LogP contribution in [0.15, 0.2) is 60.7 Å². The summed E-state index contributed by atoms with van der Waals surface area (Å²) in [6.07, 6.45) is 0. The van der Waals surface area contributed by atoms with Crippen LogP contribution in [0.5, 0.6) is 0 Å². The maximum Gasteiger partial charge on any atom is 0.331 e. The smallest absolute Gasteiger partial charge is 0.331 e. The number of hydrogen-bond donors (Lipinski definition) is 0. The van der Waals surface area contributed by atoms with Crippen molar-refractivity contribution in [1.82, 2.24) is 0 Å². The Bertz CT molecular complexity index is 537. The maximum absolute atomic E-state index is 12.1. The molecule has 0 saturated carbocycles. The minimum Gasteiger partial charge on any atom is -0.464 e. The molecule has 1 aliphatic heterocycles. The van der Waals surface area contributed by atoms with E-state index in [2.05, 4.69) is 17.0 Å². The van der Waals surface area contributed by atoms with E-state index in [1.807, 2.05) is 55.5 Å². The highest BCUT2D eigenvalue weighted by molar-refractivity contribution is 5.88. The highest BCUT2D eigenvalue weighted by Gasteiger charge is 2.54. The largest absolute Gasteiger partial charge is 0.464 e. The SMILES string of the molecule is CCOC(=O)[C@@H]1[C@@H](c2ccccc2)N1c1ccccc1. The number of esters is 1. The van der Waals surface area contributed by atoms with Crippen molar-refractivity contribution in [1.29, 1.82) is 0 Å². The van der Waals surface area contributed by atoms with Crippen molar-refractivity contribution in [3.63, 3.8) is 0 Å². The summed E-state index contributed by atoms with van der Waals surface area (Å²) in [6, 6.07) is 20.0. The number of benzene rings is 2. The van der Waals surface area contributed by atoms with Gasteiger partial charge < -0.3 is 9.64 Å². The number of carbonyl (C=O) groups is 1. The Morgan fingerprint density at radius 2 is 1.65 bits per heavy atom. The summed E-state index contributed by atoms with van der Waals surface area (Å²) in [5.74, 6) is -0.148. The van der Waals surface area contributed by atoms with E-state index in [-0.39, 0.29) is 18.1 Å². The molecule has 2 aromatic rings. The molecule has 0 amide bonds. The first-order chi connectivity index (χ1) is 9.83. The zero-order valence-corrected chi connectivity index (χ0v) is 11.4. The number of ether oxygens (including phenoxy) is 1. The molecule has 1 saturated heterocycles. The molecule has 3 rings (SSSR count). The molecule has 0 bridgehead atoms. The minimum atomic E-state index is -0.209. The summed E-state index contributed by atoms with van der Waals surface area (Å²) in [6.45, 7) is 2.25. The first kappa shape index (κ1) is 12.7. The molecule has 0 aliphatic carbocycles. The minimum absolute atomic E-state index is 0.0812. The number of para-hydroxylation sites is 1. The van der Waals surface area contributed by atoms with Gasteiger partial charge >= 0.3 is 5.97 Å². The van der Waals surface area contributed by atoms with E-state index in [1.165, 1.54) is 0 Å². The third-order valence-electron chi connectivity index (χ3n) is 3.53. The Hall–Kier alpha value is -2.29. The van der Waals surface area contributed by atoms with Gasteiger partial charge in [-0.3, -0.25) is 0 Å². The Kier molecular flexibility index (Phi) is 3.42. The van der Waals surface area contributed by atoms with Gasteiger partial charge in [0.15, 0.2) is 6.04 Å². The van der Waals surface area contributed by atoms with Crippen LogP contribution in [0, 0.1) is 0 Å². The zero-order valence-electron chi connectivity index (χ0n) is 11.4. The van der Waals surface area contributed by atoms with E-state index in [1.54, 1.807) is 0 Å². The van der Waals surface area contributed by atoms with E-state index in [0.29, 0.717) is 6.61 Å². The van der Waals surface area contributed by atoms with Gasteiger partial charge in [-0.1, -0.05) is 48.5 Å². The van der Waals surface area contributed by atoms with Crippen molar-refractivity contribution < 1.29 is 9.53 Å². The van der Waals surface area contributed by atoms with Crippen LogP contribution in [0.3, 0.4) is 0 Å². The van der Waals surface area contributed by atoms with Gasteiger partial charge in [0.2, 0.25) is 0 Å². The predicted octanol–water partition coefficient (Wildman–Crippen LogP) is 3.18. The first-order valence-electron chi connectivity index (χ1n) is 6.88. The fraction of sp³-hybridized carbons (Fsp3) is 0.235. The van der Waals surface area contributed by atoms with Crippen molar-refractivity contribution in [2.24, 2.45) is 0 Å². The molecule has 0 spiro atoms. The molecule has 1 fully saturated rings. The number of carbonyl (C=O) groups excluding carboxylic acids is 1. The second kappa shape index (κ2) is 5.37. The second-order valence-corrected chi connectivity index (χ2v) is 4.80. The van der Waals surface area contributed by atoms with E-state index in [9.17, 15) is 4.79 Å². The van der Waals surface area contributed by atoms with Gasteiger partial charge in [-0.2, -0.15) is 0 Å². The summed E-state index contributed by atoms with van der Waals surface area (Å²) < 4.78 is 5.19. The summed E-state index contributed by atoms with van der Waals surface area (Å²) in [7, 11) is 0. The van der Waals surface area contributed by atoms with Crippen LogP contribution < -0.4 is 4.90 Å². The van der Waals surface area contributed by atoms with Crippen LogP contribution >= 0.6 is 0 Å². The highest BCUT2D eigenvalue weighted by atomic mass is 16.5. The number of rotatable bonds is 4. The monoisotopic (exact) mass is 267 g/mol. The lowest BCUT2D eigenvalue weighted by Crippen LogP contribution is -2.15. The lowest BCUT2D eigenvalue weighted by atomic mass is 10.1. The Morgan fingerprint density at radius 3 is 2.25 bits per heavy atom. The summed E-state index contributed by atoms with van der Waals surface area (Å²) >= 11 is 0. The van der Waals surface area contributed by atoms with Crippen molar-refractivity contribution in [2.45, 2.75) is 19.0 Å². The molecular weight excluding hydrogens is 250 g/mol. The van der Waals surface area contributed by atoms with Crippen molar-refractivity contribution in [2.75, 3.05) is 11.5 Å². The van der Waals surface area contributed by atoms with Gasteiger partial charge in [0.1, 0.15) is 0 Å². The van der Waals surface area contributed by atoms with Crippen LogP contribution in [-0.2, 0) is 9.53 Å². The summed E-state index contributed by atoms with van der Waals surface area (Å²) in [5.41, 5.74) is 2.20. The fourth-order valence-corrected chi connectivity index (χ4v) is 2.62. The number of nitrogens with zero attached hydrogens (tertiary/aromatic N) is 1. The molecule has 2 atom stereocenters. The lowest BCUT2D eigenvalue weighted by Gasteiger charge is -2.05. The van der Waals surface area contributed by atoms with E-state index in [4.69, 9.17) is 4.74 Å². The van der Waals surface area contributed by atoms with Crippen molar-refractivity contribution in [3.8, 4) is 0 Å². The first-order valence-corrected chi connectivity index (χ1v) is 6.88. The molecule has 1 heterocycles. The maximum atomic E-state index is 12.1. The third kappa shape index (κ3) is 2.27. The summed E-state index contributed by atoms with van der Waals surface area (Å²) in [5, 5.41) is 0. The molecule has 1 aliphatic rings. The summed E-state index contributed by atoms with van der Waals surface area (Å²) in [4.78, 5) is 14.2. The van der Waals surface area contributed by atoms with E-state index in [0.717, 1.165) is 11.3 Å². The zero-order chi connectivity index (χ0) is 13.9. The Labute approximate surface area is 118 Å². The molecule has 20 heavy (non-hydrogen) atoms. The molecule has 0 N–H and O–H groups in total. The number of hydrogen-bond acceptors (Lipinski definition) is 3. The molecule has 0 radical (unpaired) electrons. The predicted molar refractivity (Wildman–Crippen MR) is 78.5 cm³/mol. The van der Waals surface area contributed by atoms with Gasteiger partial charge in [0, 0.05) is 5.69 Å². The molecule has 2 aromatic carbocycles. The molecular formula is C17H17NO2. The van der Waals surface area contributed by atoms with Crippen molar-refractivity contribution in [3.05, 3.63) is 66.2 Å². The number of anilines is 1. The average molecular weight is 267 g/mol. The van der Waals surface area contributed by atoms with E-state index >= 15 is 0 Å². The van der Waals surface area contributed by atoms with Gasteiger partial charge in [0.25, 0.3) is 0 Å². The van der Waals surface area contributed by atoms with Gasteiger partial charge in [-0.15, -0.1) is 0 Å². The quantitative estimate of drug-likeness (QED) is 0.629. The van der Waals surface area contributed by atoms with Crippen LogP contribution in [0.25, 0.3) is 0 Å². The van der Waals surface area contributed by atoms with E-state index < -0.39 is 0 Å². The van der Waals surface area contributed by atoms with Crippen LogP contribution in [-0.4, -0.2) is 18.6 Å². The van der Waals surface area contributed by atoms with Crippen LogP contribution in [0.4, 0.5) is 5.69 Å². The van der Waals surface area contributed by atoms with Crippen LogP contribution in [0.2, 0.25) is 0 Å². The highest BCUT2D eigenvalue weighted by Crippen LogP contribution is 2.47. The van der Waals surface area contributed by atoms with Gasteiger partial charge in [0.05, 0.1) is 12.6 Å². The standard InChI is InChI=1S/C17H17NO2/c1-2-20-17(19)16-15(13-9-5-3-6-10-13)18(16)14-11-7-4-8-12-14/h3-12,15-16H,2H2,1H3/t15-,16+,18?/m1/s1. The van der Waals surface area contributed by atoms with Gasteiger partial charge in [-0.25, -0.2) is 4.79 Å². The third-order valence-corrected chi connectivity index (χ3v) is 3.53. The Balaban J connectivity index is 1.89. The second-order valence-electron chi connectivity index (χ2n) is 4.80. The fourth-order valence-electron chi connectivity index (χ4n) is 2.62. The molecule has 0 unspecified atom stereocenters. The average Bonchev–Trinajstić information content (AvgIpc) is 3.25. The molecule has 3 nitrogen and oxygen atoms in total. The normalized spacial score (nSPS) is 20.6. The molecule has 0 aromatic heterocycles. The lowest BCUT2D eigenvalue weighted by molar-refractivity contribution is -0.142. The van der Waals surface area contributed by atoms with Crippen molar-refractivity contribution >= 4 is 11.7 Å². The van der Waals surface area contributed by atoms with Gasteiger partial charge in [-0.05, 0) is 24.6 Å². The molecule has 102 valence electrons. The topological polar surface area (TPSA) is 29.3 Å². The Morgan fingerprint density at radius 1 is 1.05 bits per heavy atom. The van der Waals surface area contributed by atoms with Crippen LogP contribution in [0.1, 0.15) is 18.5 Å². The molecule has 3 heteroatoms.